The number of amides is 2. The molecule has 8 heterocycles. The molecule has 10 rings (SSSR count). The van der Waals surface area contributed by atoms with Crippen molar-refractivity contribution in [2.45, 2.75) is 37.8 Å². The molecule has 2 aromatic carbocycles. The maximum absolute atomic E-state index is 12.6. The molecule has 2 atom stereocenters. The zero-order valence-electron chi connectivity index (χ0n) is 27.9. The summed E-state index contributed by atoms with van der Waals surface area (Å²) in [5.74, 6) is 3.12. The highest BCUT2D eigenvalue weighted by molar-refractivity contribution is 5.93. The Bertz CT molecular complexity index is 1730. The first-order chi connectivity index (χ1) is 23.3. The van der Waals surface area contributed by atoms with Crippen LogP contribution in [0.25, 0.3) is 22.6 Å². The monoisotopic (exact) mass is 650 g/mol. The molecule has 4 bridgehead atoms. The van der Waals surface area contributed by atoms with Gasteiger partial charge in [-0.1, -0.05) is 24.3 Å². The number of nitrogens with two attached hydrogens (primary N) is 1. The first-order valence-corrected chi connectivity index (χ1v) is 17.2. The lowest BCUT2D eigenvalue weighted by Gasteiger charge is -2.44. The molecule has 6 aliphatic rings. The topological polar surface area (TPSA) is 120 Å². The SMILES string of the molecule is CN(C)c1cccc(-c2ccc(C(=O)N[C@H]3CN4CCC3CC4)o2)c1.Nc1cccc(-c2ccc(C(=O)N[C@H]3CN4CCC3CC4)o2)c1. The fraction of sp³-hybridized carbons (Fsp3) is 0.421. The van der Waals surface area contributed by atoms with Gasteiger partial charge in [-0.25, -0.2) is 0 Å². The Morgan fingerprint density at radius 2 is 1.17 bits per heavy atom. The average Bonchev–Trinajstić information content (AvgIpc) is 3.82. The van der Waals surface area contributed by atoms with Gasteiger partial charge in [0.1, 0.15) is 11.5 Å². The molecule has 252 valence electrons. The molecule has 4 aromatic rings. The van der Waals surface area contributed by atoms with E-state index in [-0.39, 0.29) is 23.9 Å². The highest BCUT2D eigenvalue weighted by Gasteiger charge is 2.36. The summed E-state index contributed by atoms with van der Waals surface area (Å²) in [5, 5.41) is 6.32. The molecule has 0 aliphatic carbocycles. The van der Waals surface area contributed by atoms with Crippen molar-refractivity contribution >= 4 is 23.2 Å². The molecule has 48 heavy (non-hydrogen) atoms. The number of hydrogen-bond acceptors (Lipinski definition) is 8. The Morgan fingerprint density at radius 3 is 1.60 bits per heavy atom. The minimum atomic E-state index is -0.126. The second kappa shape index (κ2) is 13.9. The molecule has 6 saturated heterocycles. The molecule has 2 aromatic heterocycles. The zero-order chi connectivity index (χ0) is 33.2. The van der Waals surface area contributed by atoms with E-state index in [1.54, 1.807) is 12.1 Å². The normalized spacial score (nSPS) is 25.5. The summed E-state index contributed by atoms with van der Waals surface area (Å²) in [5.41, 5.74) is 9.44. The lowest BCUT2D eigenvalue weighted by Crippen LogP contribution is -2.57. The summed E-state index contributed by atoms with van der Waals surface area (Å²) in [6.07, 6.45) is 4.73. The van der Waals surface area contributed by atoms with Crippen molar-refractivity contribution < 1.29 is 18.4 Å². The van der Waals surface area contributed by atoms with Crippen LogP contribution in [-0.4, -0.2) is 87.1 Å². The number of fused-ring (bicyclic) bond motifs is 6. The highest BCUT2D eigenvalue weighted by atomic mass is 16.4. The lowest BCUT2D eigenvalue weighted by molar-refractivity contribution is 0.0603. The van der Waals surface area contributed by atoms with Crippen LogP contribution in [0.3, 0.4) is 0 Å². The van der Waals surface area contributed by atoms with Gasteiger partial charge in [0, 0.05) is 61.8 Å². The maximum Gasteiger partial charge on any atom is 0.287 e. The third-order valence-electron chi connectivity index (χ3n) is 10.4. The number of nitrogens with one attached hydrogen (secondary N) is 2. The molecule has 4 N–H and O–H groups in total. The Balaban J connectivity index is 0.000000152. The molecule has 10 heteroatoms. The van der Waals surface area contributed by atoms with Crippen molar-refractivity contribution in [3.63, 3.8) is 0 Å². The first kappa shape index (κ1) is 32.0. The molecule has 0 unspecified atom stereocenters. The van der Waals surface area contributed by atoms with Gasteiger partial charge in [0.25, 0.3) is 11.8 Å². The van der Waals surface area contributed by atoms with Crippen molar-refractivity contribution in [1.29, 1.82) is 0 Å². The van der Waals surface area contributed by atoms with E-state index in [1.165, 1.54) is 38.8 Å². The smallest absolute Gasteiger partial charge is 0.287 e. The van der Waals surface area contributed by atoms with Gasteiger partial charge in [-0.15, -0.1) is 0 Å². The van der Waals surface area contributed by atoms with Gasteiger partial charge in [0.05, 0.1) is 0 Å². The number of hydrogen-bond donors (Lipinski definition) is 3. The van der Waals surface area contributed by atoms with Gasteiger partial charge in [0.15, 0.2) is 11.5 Å². The van der Waals surface area contributed by atoms with Crippen LogP contribution in [0.1, 0.15) is 46.8 Å². The van der Waals surface area contributed by atoms with E-state index in [4.69, 9.17) is 14.6 Å². The molecule has 2 amide bonds. The van der Waals surface area contributed by atoms with Crippen LogP contribution in [0.4, 0.5) is 11.4 Å². The summed E-state index contributed by atoms with van der Waals surface area (Å²) in [4.78, 5) is 31.9. The van der Waals surface area contributed by atoms with Gasteiger partial charge in [-0.05, 0) is 112 Å². The largest absolute Gasteiger partial charge is 0.451 e. The Kier molecular flexibility index (Phi) is 9.28. The van der Waals surface area contributed by atoms with Gasteiger partial charge in [-0.3, -0.25) is 9.59 Å². The number of nitrogen functional groups attached to an aromatic ring is 1. The van der Waals surface area contributed by atoms with Crippen molar-refractivity contribution in [3.05, 3.63) is 84.3 Å². The van der Waals surface area contributed by atoms with Crippen molar-refractivity contribution in [2.24, 2.45) is 11.8 Å². The molecular formula is C38H46N6O4. The third kappa shape index (κ3) is 7.15. The number of nitrogens with zero attached hydrogens (tertiary/aromatic N) is 3. The van der Waals surface area contributed by atoms with Crippen molar-refractivity contribution in [3.8, 4) is 22.6 Å². The number of rotatable bonds is 7. The fourth-order valence-electron chi connectivity index (χ4n) is 7.60. The number of piperidine rings is 6. The number of carbonyl (C=O) groups excluding carboxylic acids is 2. The van der Waals surface area contributed by atoms with E-state index in [9.17, 15) is 9.59 Å². The molecule has 0 spiro atoms. The van der Waals surface area contributed by atoms with Crippen molar-refractivity contribution in [1.82, 2.24) is 20.4 Å². The standard InChI is InChI=1S/C20H25N3O2.C18H21N3O2/c1-22(2)16-5-3-4-15(12-16)18-6-7-19(25-18)20(24)21-17-13-23-10-8-14(17)9-11-23;19-14-3-1-2-13(10-14)16-4-5-17(23-16)18(22)20-15-11-21-8-6-12(15)7-9-21/h3-7,12,14,17H,8-11,13H2,1-2H3,(H,21,24);1-5,10,12,15H,6-9,11,19H2,(H,20,22)/t17-;15-/m00/s1. The predicted molar refractivity (Wildman–Crippen MR) is 188 cm³/mol. The first-order valence-electron chi connectivity index (χ1n) is 17.2. The summed E-state index contributed by atoms with van der Waals surface area (Å²) in [7, 11) is 4.02. The number of carbonyl (C=O) groups is 2. The van der Waals surface area contributed by atoms with Crippen LogP contribution in [-0.2, 0) is 0 Å². The minimum absolute atomic E-state index is 0.103. The highest BCUT2D eigenvalue weighted by Crippen LogP contribution is 2.30. The third-order valence-corrected chi connectivity index (χ3v) is 10.4. The van der Waals surface area contributed by atoms with Crippen LogP contribution in [0, 0.1) is 11.8 Å². The summed E-state index contributed by atoms with van der Waals surface area (Å²) >= 11 is 0. The Labute approximate surface area is 282 Å². The van der Waals surface area contributed by atoms with Crippen LogP contribution in [0.5, 0.6) is 0 Å². The molecule has 6 aliphatic heterocycles. The molecule has 6 fully saturated rings. The molecular weight excluding hydrogens is 604 g/mol. The van der Waals surface area contributed by atoms with Gasteiger partial charge < -0.3 is 39.9 Å². The second-order valence-corrected chi connectivity index (χ2v) is 13.8. The predicted octanol–water partition coefficient (Wildman–Crippen LogP) is 5.19. The Hall–Kier alpha value is -4.54. The molecule has 0 radical (unpaired) electrons. The fourth-order valence-corrected chi connectivity index (χ4v) is 7.60. The summed E-state index contributed by atoms with van der Waals surface area (Å²) in [6, 6.07) is 23.3. The van der Waals surface area contributed by atoms with Crippen LogP contribution in [0.15, 0.2) is 81.6 Å². The van der Waals surface area contributed by atoms with Gasteiger partial charge in [0.2, 0.25) is 0 Å². The van der Waals surface area contributed by atoms with Crippen LogP contribution < -0.4 is 21.3 Å². The van der Waals surface area contributed by atoms with E-state index in [1.807, 2.05) is 73.6 Å². The number of benzene rings is 2. The van der Waals surface area contributed by atoms with E-state index < -0.39 is 0 Å². The van der Waals surface area contributed by atoms with Gasteiger partial charge in [-0.2, -0.15) is 0 Å². The summed E-state index contributed by atoms with van der Waals surface area (Å²) in [6.45, 7) is 6.59. The number of furan rings is 2. The van der Waals surface area contributed by atoms with E-state index in [0.29, 0.717) is 34.8 Å². The maximum atomic E-state index is 12.6. The second-order valence-electron chi connectivity index (χ2n) is 13.8. The average molecular weight is 651 g/mol. The van der Waals surface area contributed by atoms with E-state index in [0.717, 1.165) is 48.8 Å². The van der Waals surface area contributed by atoms with Gasteiger partial charge >= 0.3 is 0 Å². The van der Waals surface area contributed by atoms with Crippen LogP contribution >= 0.6 is 0 Å². The number of anilines is 2. The molecule has 0 saturated carbocycles. The minimum Gasteiger partial charge on any atom is -0.451 e. The zero-order valence-corrected chi connectivity index (χ0v) is 27.9. The van der Waals surface area contributed by atoms with Crippen molar-refractivity contribution in [2.75, 3.05) is 64.0 Å². The lowest BCUT2D eigenvalue weighted by atomic mass is 9.84. The Morgan fingerprint density at radius 1 is 0.688 bits per heavy atom. The van der Waals surface area contributed by atoms with Crippen LogP contribution in [0.2, 0.25) is 0 Å². The summed E-state index contributed by atoms with van der Waals surface area (Å²) < 4.78 is 11.6. The van der Waals surface area contributed by atoms with E-state index in [2.05, 4.69) is 26.5 Å². The van der Waals surface area contributed by atoms with E-state index >= 15 is 0 Å². The quantitative estimate of drug-likeness (QED) is 0.234. The molecule has 10 nitrogen and oxygen atoms in total.